The molecule has 1 aliphatic carbocycles. The third-order valence-electron chi connectivity index (χ3n) is 10.6. The van der Waals surface area contributed by atoms with Crippen molar-refractivity contribution in [3.05, 3.63) is 199 Å². The second-order valence-electron chi connectivity index (χ2n) is 13.2. The van der Waals surface area contributed by atoms with Crippen molar-refractivity contribution in [1.29, 1.82) is 0 Å². The number of hydrogen-bond donors (Lipinski definition) is 0. The lowest BCUT2D eigenvalue weighted by atomic mass is 9.76. The minimum absolute atomic E-state index is 0.204. The van der Waals surface area contributed by atoms with Crippen LogP contribution in [0.15, 0.2) is 188 Å². The Morgan fingerprint density at radius 1 is 0.367 bits per heavy atom. The van der Waals surface area contributed by atoms with Gasteiger partial charge in [0.2, 0.25) is 0 Å². The molecule has 0 aromatic heterocycles. The Morgan fingerprint density at radius 2 is 0.939 bits per heavy atom. The quantitative estimate of drug-likeness (QED) is 0.177. The van der Waals surface area contributed by atoms with Crippen molar-refractivity contribution in [3.63, 3.8) is 0 Å². The van der Waals surface area contributed by atoms with Crippen LogP contribution in [-0.2, 0) is 0 Å². The van der Waals surface area contributed by atoms with Gasteiger partial charge in [-0.2, -0.15) is 0 Å². The molecule has 2 atom stereocenters. The van der Waals surface area contributed by atoms with Crippen molar-refractivity contribution < 1.29 is 0 Å². The third-order valence-corrected chi connectivity index (χ3v) is 10.6. The summed E-state index contributed by atoms with van der Waals surface area (Å²) in [4.78, 5) is 2.47. The number of rotatable bonds is 3. The Balaban J connectivity index is 1.18. The van der Waals surface area contributed by atoms with Gasteiger partial charge < -0.3 is 4.90 Å². The molecule has 230 valence electrons. The molecular formula is C48H33N. The van der Waals surface area contributed by atoms with Gasteiger partial charge in [0.15, 0.2) is 0 Å². The van der Waals surface area contributed by atoms with Crippen LogP contribution in [-0.4, -0.2) is 0 Å². The molecule has 0 saturated heterocycles. The largest absolute Gasteiger partial charge is 0.310 e. The lowest BCUT2D eigenvalue weighted by molar-refractivity contribution is 0.741. The minimum Gasteiger partial charge on any atom is -0.310 e. The Bertz CT molecular complexity index is 2590. The highest BCUT2D eigenvalue weighted by Crippen LogP contribution is 2.54. The van der Waals surface area contributed by atoms with Crippen molar-refractivity contribution in [2.75, 3.05) is 4.90 Å². The summed E-state index contributed by atoms with van der Waals surface area (Å²) in [5.41, 5.74) is 11.3. The minimum atomic E-state index is 0.204. The average molecular weight is 624 g/mol. The van der Waals surface area contributed by atoms with Gasteiger partial charge >= 0.3 is 0 Å². The standard InChI is InChI=1S/C48H33N/c1-2-16-35(17-3-1)49-46-26-11-10-23-43(46)41-22-8-9-24-44(41)48-36(25-13-27-47(48)49)34-15-12-14-32(30-34)33-28-29-42-39-20-5-4-18-37(39)38-19-6-7-21-40(38)45(42)31-33/h1-31,41,44H. The van der Waals surface area contributed by atoms with Crippen LogP contribution in [0.5, 0.6) is 0 Å². The lowest BCUT2D eigenvalue weighted by Crippen LogP contribution is -2.12. The maximum absolute atomic E-state index is 2.47. The fourth-order valence-electron chi connectivity index (χ4n) is 8.44. The zero-order chi connectivity index (χ0) is 32.3. The smallest absolute Gasteiger partial charge is 0.0506 e. The molecule has 1 heteroatoms. The molecule has 0 N–H and O–H groups in total. The first-order chi connectivity index (χ1) is 24.3. The number of benzene rings is 8. The molecule has 0 radical (unpaired) electrons. The van der Waals surface area contributed by atoms with Crippen molar-refractivity contribution in [2.24, 2.45) is 0 Å². The highest BCUT2D eigenvalue weighted by Gasteiger charge is 2.35. The fourth-order valence-corrected chi connectivity index (χ4v) is 8.44. The first-order valence-electron chi connectivity index (χ1n) is 17.2. The van der Waals surface area contributed by atoms with E-state index in [1.807, 2.05) is 0 Å². The molecule has 1 nitrogen and oxygen atoms in total. The van der Waals surface area contributed by atoms with E-state index in [0.29, 0.717) is 0 Å². The Labute approximate surface area is 286 Å². The van der Waals surface area contributed by atoms with Crippen LogP contribution in [0.4, 0.5) is 17.1 Å². The van der Waals surface area contributed by atoms with Gasteiger partial charge in [0.05, 0.1) is 5.69 Å². The highest BCUT2D eigenvalue weighted by molar-refractivity contribution is 6.25. The van der Waals surface area contributed by atoms with E-state index in [4.69, 9.17) is 0 Å². The molecule has 0 bridgehead atoms. The molecule has 0 amide bonds. The maximum atomic E-state index is 2.47. The molecule has 0 spiro atoms. The molecule has 8 aromatic rings. The zero-order valence-electron chi connectivity index (χ0n) is 27.0. The van der Waals surface area contributed by atoms with Gasteiger partial charge in [-0.1, -0.05) is 152 Å². The van der Waals surface area contributed by atoms with E-state index in [1.54, 1.807) is 0 Å². The monoisotopic (exact) mass is 623 g/mol. The van der Waals surface area contributed by atoms with E-state index >= 15 is 0 Å². The van der Waals surface area contributed by atoms with Crippen LogP contribution in [0.1, 0.15) is 23.0 Å². The summed E-state index contributed by atoms with van der Waals surface area (Å²) in [6, 6.07) is 60.4. The van der Waals surface area contributed by atoms with Crippen LogP contribution in [0.2, 0.25) is 0 Å². The molecule has 8 aromatic carbocycles. The summed E-state index contributed by atoms with van der Waals surface area (Å²) in [6.07, 6.45) is 9.23. The lowest BCUT2D eigenvalue weighted by Gasteiger charge is -2.29. The molecule has 2 aliphatic rings. The Morgan fingerprint density at radius 3 is 1.71 bits per heavy atom. The molecule has 1 heterocycles. The van der Waals surface area contributed by atoms with Gasteiger partial charge in [0.25, 0.3) is 0 Å². The van der Waals surface area contributed by atoms with Gasteiger partial charge in [-0.25, -0.2) is 0 Å². The topological polar surface area (TPSA) is 3.24 Å². The summed E-state index contributed by atoms with van der Waals surface area (Å²) in [7, 11) is 0. The van der Waals surface area contributed by atoms with Gasteiger partial charge in [-0.3, -0.25) is 0 Å². The number of anilines is 3. The van der Waals surface area contributed by atoms with Crippen molar-refractivity contribution >= 4 is 49.4 Å². The van der Waals surface area contributed by atoms with E-state index < -0.39 is 0 Å². The van der Waals surface area contributed by atoms with Crippen molar-refractivity contribution in [1.82, 2.24) is 0 Å². The van der Waals surface area contributed by atoms with E-state index in [0.717, 1.165) is 0 Å². The maximum Gasteiger partial charge on any atom is 0.0506 e. The summed E-state index contributed by atoms with van der Waals surface area (Å²) in [5.74, 6) is 0.441. The number of hydrogen-bond acceptors (Lipinski definition) is 1. The zero-order valence-corrected chi connectivity index (χ0v) is 27.0. The van der Waals surface area contributed by atoms with E-state index in [1.165, 1.54) is 82.8 Å². The highest BCUT2D eigenvalue weighted by atomic mass is 15.2. The number of para-hydroxylation sites is 2. The first kappa shape index (κ1) is 27.9. The van der Waals surface area contributed by atoms with Crippen LogP contribution >= 0.6 is 0 Å². The molecule has 1 aliphatic heterocycles. The molecule has 0 fully saturated rings. The molecule has 49 heavy (non-hydrogen) atoms. The van der Waals surface area contributed by atoms with E-state index in [-0.39, 0.29) is 11.8 Å². The Kier molecular flexibility index (Phi) is 6.38. The molecule has 10 rings (SSSR count). The molecular weight excluding hydrogens is 591 g/mol. The first-order valence-corrected chi connectivity index (χ1v) is 17.2. The van der Waals surface area contributed by atoms with Crippen molar-refractivity contribution in [3.8, 4) is 22.3 Å². The van der Waals surface area contributed by atoms with Gasteiger partial charge in [0, 0.05) is 23.2 Å². The van der Waals surface area contributed by atoms with E-state index in [2.05, 4.69) is 193 Å². The fraction of sp³-hybridized carbons (Fsp3) is 0.0417. The number of allylic oxidation sites excluding steroid dienone is 4. The molecule has 0 saturated carbocycles. The number of nitrogens with zero attached hydrogens (tertiary/aromatic N) is 1. The summed E-state index contributed by atoms with van der Waals surface area (Å²) in [5, 5.41) is 7.80. The van der Waals surface area contributed by atoms with Crippen LogP contribution in [0.25, 0.3) is 54.6 Å². The van der Waals surface area contributed by atoms with Crippen LogP contribution < -0.4 is 4.90 Å². The van der Waals surface area contributed by atoms with Crippen molar-refractivity contribution in [2.45, 2.75) is 11.8 Å². The third kappa shape index (κ3) is 4.40. The normalized spacial score (nSPS) is 16.4. The molecule has 2 unspecified atom stereocenters. The summed E-state index contributed by atoms with van der Waals surface area (Å²) in [6.45, 7) is 0. The van der Waals surface area contributed by atoms with Gasteiger partial charge in [0.1, 0.15) is 0 Å². The van der Waals surface area contributed by atoms with E-state index in [9.17, 15) is 0 Å². The van der Waals surface area contributed by atoms with Gasteiger partial charge in [-0.15, -0.1) is 0 Å². The number of fused-ring (bicyclic) bond motifs is 11. The second kappa shape index (κ2) is 11.2. The summed E-state index contributed by atoms with van der Waals surface area (Å²) >= 11 is 0. The average Bonchev–Trinajstić information content (AvgIpc) is 3.31. The van der Waals surface area contributed by atoms with Gasteiger partial charge in [-0.05, 0) is 102 Å². The Hall–Kier alpha value is -6.18. The van der Waals surface area contributed by atoms with Crippen LogP contribution in [0.3, 0.4) is 0 Å². The van der Waals surface area contributed by atoms with Crippen LogP contribution in [0, 0.1) is 0 Å². The predicted molar refractivity (Wildman–Crippen MR) is 208 cm³/mol. The SMILES string of the molecule is C1=CC2c3ccccc3N(c3ccccc3)c3cccc(-c4cccc(-c5ccc6c7ccccc7c7ccccc7c6c5)c4)c3C2C=C1. The summed E-state index contributed by atoms with van der Waals surface area (Å²) < 4.78 is 0. The second-order valence-corrected chi connectivity index (χ2v) is 13.2. The predicted octanol–water partition coefficient (Wildman–Crippen LogP) is 13.3.